The maximum atomic E-state index is 9.83. The van der Waals surface area contributed by atoms with Gasteiger partial charge in [-0.15, -0.1) is 0 Å². The quantitative estimate of drug-likeness (QED) is 0.418. The summed E-state index contributed by atoms with van der Waals surface area (Å²) in [6, 6.07) is -0.396. The Labute approximate surface area is 96.4 Å². The van der Waals surface area contributed by atoms with E-state index in [9.17, 15) is 4.79 Å². The number of carboxylic acid groups (broad SMARTS) is 1. The first-order valence-electron chi connectivity index (χ1n) is 2.34. The normalized spacial score (nSPS) is 11.8. The van der Waals surface area contributed by atoms with Gasteiger partial charge in [-0.25, -0.2) is 0 Å². The van der Waals surface area contributed by atoms with Gasteiger partial charge in [-0.1, -0.05) is 0 Å². The topological polar surface area (TPSA) is 89.3 Å². The van der Waals surface area contributed by atoms with Crippen LogP contribution in [-0.4, -0.2) is 75.0 Å². The van der Waals surface area contributed by atoms with Crippen LogP contribution in [0, 0.1) is 0 Å². The molecular weight excluding hydrogens is 147 g/mol. The van der Waals surface area contributed by atoms with Crippen LogP contribution >= 0.6 is 0 Å². The number of hydrogen-bond donors (Lipinski definition) is 3. The van der Waals surface area contributed by atoms with Crippen LogP contribution in [0.5, 0.6) is 0 Å². The van der Waals surface area contributed by atoms with Crippen molar-refractivity contribution in [2.24, 2.45) is 11.5 Å². The molecule has 0 spiro atoms. The predicted octanol–water partition coefficient (Wildman–Crippen LogP) is -1.90. The van der Waals surface area contributed by atoms with Gasteiger partial charge in [-0.3, -0.25) is 4.79 Å². The Morgan fingerprint density at radius 3 is 2.22 bits per heavy atom. The van der Waals surface area contributed by atoms with Gasteiger partial charge in [0.1, 0.15) is 0 Å². The molecule has 1 atom stereocenters. The van der Waals surface area contributed by atoms with Gasteiger partial charge in [0.05, 0.1) is 6.42 Å². The van der Waals surface area contributed by atoms with E-state index in [1.54, 1.807) is 0 Å². The molecule has 0 fully saturated rings. The summed E-state index contributed by atoms with van der Waals surface area (Å²) in [4.78, 5) is 9.83. The molecule has 0 heterocycles. The zero-order valence-corrected chi connectivity index (χ0v) is 4.50. The van der Waals surface area contributed by atoms with E-state index in [-0.39, 0.29) is 64.4 Å². The second-order valence-electron chi connectivity index (χ2n) is 1.59. The van der Waals surface area contributed by atoms with Crippen LogP contribution in [0.2, 0.25) is 0 Å². The average Bonchev–Trinajstić information content (AvgIpc) is 1.65. The van der Waals surface area contributed by atoms with E-state index in [2.05, 4.69) is 0 Å². The van der Waals surface area contributed by atoms with Gasteiger partial charge in [-0.2, -0.15) is 0 Å². The van der Waals surface area contributed by atoms with Crippen LogP contribution in [-0.2, 0) is 4.79 Å². The molecule has 0 aromatic carbocycles. The summed E-state index contributed by atoms with van der Waals surface area (Å²) >= 11 is 0. The zero-order valence-electron chi connectivity index (χ0n) is 4.50. The van der Waals surface area contributed by atoms with Gasteiger partial charge in [0.15, 0.2) is 0 Å². The SMILES string of the molecule is NCC(N)CC(=O)O.[KH]. The maximum absolute atomic E-state index is 9.83. The van der Waals surface area contributed by atoms with Crippen molar-refractivity contribution in [3.8, 4) is 0 Å². The van der Waals surface area contributed by atoms with E-state index in [1.807, 2.05) is 0 Å². The first-order chi connectivity index (χ1) is 3.66. The summed E-state index contributed by atoms with van der Waals surface area (Å²) in [5, 5.41) is 8.08. The van der Waals surface area contributed by atoms with E-state index in [0.29, 0.717) is 0 Å². The van der Waals surface area contributed by atoms with Crippen LogP contribution in [0.3, 0.4) is 0 Å². The molecule has 0 aliphatic heterocycles. The van der Waals surface area contributed by atoms with Crippen LogP contribution in [0.15, 0.2) is 0 Å². The molecule has 50 valence electrons. The van der Waals surface area contributed by atoms with Crippen LogP contribution in [0.4, 0.5) is 0 Å². The molecule has 0 aliphatic carbocycles. The van der Waals surface area contributed by atoms with Crippen LogP contribution in [0.25, 0.3) is 0 Å². The van der Waals surface area contributed by atoms with Gasteiger partial charge in [0, 0.05) is 12.6 Å². The molecule has 0 aromatic heterocycles. The molecule has 5 heteroatoms. The summed E-state index contributed by atoms with van der Waals surface area (Å²) in [6.07, 6.45) is -0.0451. The fourth-order valence-corrected chi connectivity index (χ4v) is 0.308. The Kier molecular flexibility index (Phi) is 10.1. The number of rotatable bonds is 3. The van der Waals surface area contributed by atoms with Crippen molar-refractivity contribution >= 4 is 57.4 Å². The predicted molar refractivity (Wildman–Crippen MR) is 36.4 cm³/mol. The summed E-state index contributed by atoms with van der Waals surface area (Å²) in [5.74, 6) is -0.900. The monoisotopic (exact) mass is 158 g/mol. The van der Waals surface area contributed by atoms with Gasteiger partial charge in [-0.05, 0) is 0 Å². The van der Waals surface area contributed by atoms with Crippen LogP contribution < -0.4 is 11.5 Å². The number of carboxylic acids is 1. The fraction of sp³-hybridized carbons (Fsp3) is 0.750. The average molecular weight is 158 g/mol. The van der Waals surface area contributed by atoms with Crippen molar-refractivity contribution < 1.29 is 9.90 Å². The molecule has 0 radical (unpaired) electrons. The molecule has 0 amide bonds. The van der Waals surface area contributed by atoms with Crippen molar-refractivity contribution in [2.75, 3.05) is 6.54 Å². The molecular formula is C4H11KN2O2. The number of hydrogen-bond acceptors (Lipinski definition) is 3. The summed E-state index contributed by atoms with van der Waals surface area (Å²) in [5.41, 5.74) is 10.2. The Bertz CT molecular complexity index is 88.6. The van der Waals surface area contributed by atoms with Gasteiger partial charge < -0.3 is 16.6 Å². The third kappa shape index (κ3) is 9.03. The third-order valence-electron chi connectivity index (χ3n) is 0.740. The van der Waals surface area contributed by atoms with E-state index in [1.165, 1.54) is 0 Å². The van der Waals surface area contributed by atoms with Crippen molar-refractivity contribution in [1.82, 2.24) is 0 Å². The van der Waals surface area contributed by atoms with E-state index >= 15 is 0 Å². The Balaban J connectivity index is 0. The number of nitrogens with two attached hydrogens (primary N) is 2. The van der Waals surface area contributed by atoms with Gasteiger partial charge >= 0.3 is 57.4 Å². The molecule has 0 aliphatic rings. The molecule has 1 unspecified atom stereocenters. The number of carbonyl (C=O) groups is 1. The minimum atomic E-state index is -0.900. The Hall–Kier alpha value is 1.03. The van der Waals surface area contributed by atoms with Crippen molar-refractivity contribution in [2.45, 2.75) is 12.5 Å². The second-order valence-corrected chi connectivity index (χ2v) is 1.59. The minimum absolute atomic E-state index is 0. The molecule has 0 saturated heterocycles. The second kappa shape index (κ2) is 7.14. The first-order valence-corrected chi connectivity index (χ1v) is 2.34. The Morgan fingerprint density at radius 2 is 2.11 bits per heavy atom. The zero-order chi connectivity index (χ0) is 6.57. The molecule has 5 N–H and O–H groups in total. The molecule has 9 heavy (non-hydrogen) atoms. The van der Waals surface area contributed by atoms with Gasteiger partial charge in [0.25, 0.3) is 0 Å². The van der Waals surface area contributed by atoms with E-state index < -0.39 is 12.0 Å². The third-order valence-corrected chi connectivity index (χ3v) is 0.740. The molecule has 0 saturated carbocycles. The van der Waals surface area contributed by atoms with E-state index in [0.717, 1.165) is 0 Å². The van der Waals surface area contributed by atoms with Crippen molar-refractivity contribution in [3.63, 3.8) is 0 Å². The standard InChI is InChI=1S/C4H10N2O2.K.H/c5-2-3(6)1-4(7)8;;/h3H,1-2,5-6H2,(H,7,8);;. The van der Waals surface area contributed by atoms with Crippen molar-refractivity contribution in [1.29, 1.82) is 0 Å². The fourth-order valence-electron chi connectivity index (χ4n) is 0.308. The summed E-state index contributed by atoms with van der Waals surface area (Å²) in [6.45, 7) is 0.228. The van der Waals surface area contributed by atoms with Crippen molar-refractivity contribution in [3.05, 3.63) is 0 Å². The summed E-state index contributed by atoms with van der Waals surface area (Å²) in [7, 11) is 0. The summed E-state index contributed by atoms with van der Waals surface area (Å²) < 4.78 is 0. The van der Waals surface area contributed by atoms with Gasteiger partial charge in [0.2, 0.25) is 0 Å². The first kappa shape index (κ1) is 12.7. The number of aliphatic carboxylic acids is 1. The molecule has 0 rings (SSSR count). The molecule has 0 aromatic rings. The molecule has 4 nitrogen and oxygen atoms in total. The van der Waals surface area contributed by atoms with Crippen LogP contribution in [0.1, 0.15) is 6.42 Å². The molecule has 0 bridgehead atoms. The van der Waals surface area contributed by atoms with E-state index in [4.69, 9.17) is 16.6 Å². The Morgan fingerprint density at radius 1 is 1.67 bits per heavy atom.